The van der Waals surface area contributed by atoms with Crippen molar-refractivity contribution >= 4 is 43.5 Å². The molecule has 0 heterocycles. The molecular weight excluding hydrogens is 590 g/mol. The first-order valence-corrected chi connectivity index (χ1v) is 15.6. The number of sulfonamides is 1. The predicted molar refractivity (Wildman–Crippen MR) is 164 cm³/mol. The topological polar surface area (TPSA) is 86.8 Å². The molecule has 214 valence electrons. The van der Waals surface area contributed by atoms with Gasteiger partial charge in [0.1, 0.15) is 12.6 Å². The number of rotatable bonds is 11. The van der Waals surface area contributed by atoms with E-state index in [0.717, 1.165) is 19.9 Å². The third-order valence-corrected chi connectivity index (χ3v) is 8.69. The highest BCUT2D eigenvalue weighted by atomic mass is 79.9. The van der Waals surface area contributed by atoms with Crippen LogP contribution in [-0.4, -0.2) is 49.8 Å². The van der Waals surface area contributed by atoms with Crippen LogP contribution in [0.4, 0.5) is 5.69 Å². The summed E-state index contributed by atoms with van der Waals surface area (Å²) in [6, 6.07) is 22.3. The minimum atomic E-state index is -4.09. The Hall–Kier alpha value is -3.17. The first-order valence-electron chi connectivity index (χ1n) is 13.3. The summed E-state index contributed by atoms with van der Waals surface area (Å²) < 4.78 is 29.7. The van der Waals surface area contributed by atoms with Crippen molar-refractivity contribution in [1.29, 1.82) is 0 Å². The van der Waals surface area contributed by atoms with Crippen LogP contribution in [0.1, 0.15) is 45.2 Å². The third-order valence-electron chi connectivity index (χ3n) is 6.37. The van der Waals surface area contributed by atoms with Crippen molar-refractivity contribution in [3.8, 4) is 0 Å². The highest BCUT2D eigenvalue weighted by Gasteiger charge is 2.34. The fourth-order valence-corrected chi connectivity index (χ4v) is 6.00. The molecule has 0 fully saturated rings. The molecule has 3 rings (SSSR count). The van der Waals surface area contributed by atoms with Crippen molar-refractivity contribution in [3.63, 3.8) is 0 Å². The van der Waals surface area contributed by atoms with E-state index in [1.807, 2.05) is 65.0 Å². The average molecular weight is 629 g/mol. The van der Waals surface area contributed by atoms with Gasteiger partial charge in [0.25, 0.3) is 10.0 Å². The molecule has 40 heavy (non-hydrogen) atoms. The molecule has 0 saturated carbocycles. The molecule has 7 nitrogen and oxygen atoms in total. The monoisotopic (exact) mass is 627 g/mol. The maximum atomic E-state index is 14.0. The summed E-state index contributed by atoms with van der Waals surface area (Å²) in [7, 11) is -4.09. The number of amides is 2. The smallest absolute Gasteiger partial charge is 0.264 e. The van der Waals surface area contributed by atoms with Gasteiger partial charge in [0.15, 0.2) is 0 Å². The van der Waals surface area contributed by atoms with Gasteiger partial charge in [-0.1, -0.05) is 70.9 Å². The fraction of sp³-hybridized carbons (Fsp3) is 0.355. The Morgan fingerprint density at radius 3 is 2.08 bits per heavy atom. The molecule has 9 heteroatoms. The van der Waals surface area contributed by atoms with Gasteiger partial charge in [-0.15, -0.1) is 0 Å². The second kappa shape index (κ2) is 13.5. The summed E-state index contributed by atoms with van der Waals surface area (Å²) in [5.41, 5.74) is 1.81. The molecule has 1 atom stereocenters. The number of carbonyl (C=O) groups excluding carboxylic acids is 2. The second-order valence-corrected chi connectivity index (χ2v) is 13.6. The van der Waals surface area contributed by atoms with Crippen LogP contribution >= 0.6 is 15.9 Å². The Kier molecular flexibility index (Phi) is 10.6. The first-order chi connectivity index (χ1) is 18.8. The molecule has 0 unspecified atom stereocenters. The quantitative estimate of drug-likeness (QED) is 0.295. The van der Waals surface area contributed by atoms with E-state index in [-0.39, 0.29) is 17.3 Å². The highest BCUT2D eigenvalue weighted by Crippen LogP contribution is 2.26. The molecule has 0 bridgehead atoms. The molecule has 1 N–H and O–H groups in total. The van der Waals surface area contributed by atoms with Gasteiger partial charge in [-0.25, -0.2) is 8.42 Å². The minimum Gasteiger partial charge on any atom is -0.350 e. The first kappa shape index (κ1) is 31.4. The van der Waals surface area contributed by atoms with Crippen molar-refractivity contribution in [3.05, 3.63) is 94.5 Å². The van der Waals surface area contributed by atoms with Gasteiger partial charge in [0.05, 0.1) is 10.6 Å². The Labute approximate surface area is 246 Å². The van der Waals surface area contributed by atoms with E-state index in [1.54, 1.807) is 48.5 Å². The Bertz CT molecular complexity index is 1390. The molecule has 0 aliphatic heterocycles. The lowest BCUT2D eigenvalue weighted by atomic mass is 10.1. The van der Waals surface area contributed by atoms with Crippen molar-refractivity contribution in [2.45, 2.75) is 63.9 Å². The van der Waals surface area contributed by atoms with Crippen LogP contribution in [-0.2, 0) is 26.0 Å². The zero-order chi connectivity index (χ0) is 29.5. The molecule has 0 aromatic heterocycles. The summed E-state index contributed by atoms with van der Waals surface area (Å²) in [6.45, 7) is 9.20. The number of anilines is 1. The van der Waals surface area contributed by atoms with Crippen LogP contribution < -0.4 is 9.62 Å². The van der Waals surface area contributed by atoms with Crippen molar-refractivity contribution in [2.24, 2.45) is 0 Å². The van der Waals surface area contributed by atoms with Crippen LogP contribution in [0, 0.1) is 6.92 Å². The molecule has 0 aliphatic carbocycles. The van der Waals surface area contributed by atoms with Gasteiger partial charge < -0.3 is 10.2 Å². The van der Waals surface area contributed by atoms with Gasteiger partial charge in [0.2, 0.25) is 11.8 Å². The van der Waals surface area contributed by atoms with Gasteiger partial charge >= 0.3 is 0 Å². The second-order valence-electron chi connectivity index (χ2n) is 10.8. The minimum absolute atomic E-state index is 0.0853. The highest BCUT2D eigenvalue weighted by molar-refractivity contribution is 9.10. The number of halogens is 1. The average Bonchev–Trinajstić information content (AvgIpc) is 2.90. The number of benzene rings is 3. The number of hydrogen-bond donors (Lipinski definition) is 1. The van der Waals surface area contributed by atoms with Crippen LogP contribution in [0.3, 0.4) is 0 Å². The zero-order valence-corrected chi connectivity index (χ0v) is 26.1. The van der Waals surface area contributed by atoms with E-state index in [9.17, 15) is 18.0 Å². The number of nitrogens with zero attached hydrogens (tertiary/aromatic N) is 2. The lowest BCUT2D eigenvalue weighted by Gasteiger charge is -2.34. The lowest BCUT2D eigenvalue weighted by molar-refractivity contribution is -0.140. The summed E-state index contributed by atoms with van der Waals surface area (Å²) in [5.74, 6) is -0.724. The van der Waals surface area contributed by atoms with Crippen LogP contribution in [0.5, 0.6) is 0 Å². The molecule has 0 saturated heterocycles. The summed E-state index contributed by atoms with van der Waals surface area (Å²) in [5, 5.41) is 2.99. The SMILES string of the molecule is CC[C@@H](C(=O)NC(C)(C)C)N(CCc1ccccc1)C(=O)CN(c1ccc(Br)cc1)S(=O)(=O)c1ccc(C)cc1. The van der Waals surface area contributed by atoms with E-state index < -0.39 is 34.1 Å². The Morgan fingerprint density at radius 1 is 0.925 bits per heavy atom. The Morgan fingerprint density at radius 2 is 1.52 bits per heavy atom. The predicted octanol–water partition coefficient (Wildman–Crippen LogP) is 5.72. The molecular formula is C31H38BrN3O4S. The molecule has 2 amide bonds. The summed E-state index contributed by atoms with van der Waals surface area (Å²) in [6.07, 6.45) is 0.903. The number of aryl methyl sites for hydroxylation is 1. The number of carbonyl (C=O) groups is 2. The standard InChI is InChI=1S/C31H38BrN3O4S/c1-6-28(30(37)33-31(3,4)5)34(21-20-24-10-8-7-9-11-24)29(36)22-35(26-16-14-25(32)15-17-26)40(38,39)27-18-12-23(2)13-19-27/h7-19,28H,6,20-22H2,1-5H3,(H,33,37)/t28-/m0/s1. The van der Waals surface area contributed by atoms with E-state index in [1.165, 1.54) is 4.90 Å². The molecule has 0 radical (unpaired) electrons. The summed E-state index contributed by atoms with van der Waals surface area (Å²) >= 11 is 3.40. The lowest BCUT2D eigenvalue weighted by Crippen LogP contribution is -2.56. The molecule has 3 aromatic rings. The normalized spacial score (nSPS) is 12.4. The third kappa shape index (κ3) is 8.41. The Balaban J connectivity index is 2.01. The van der Waals surface area contributed by atoms with Gasteiger partial charge in [-0.3, -0.25) is 13.9 Å². The van der Waals surface area contributed by atoms with E-state index >= 15 is 0 Å². The van der Waals surface area contributed by atoms with Crippen LogP contribution in [0.15, 0.2) is 88.2 Å². The maximum Gasteiger partial charge on any atom is 0.264 e. The van der Waals surface area contributed by atoms with Crippen LogP contribution in [0.2, 0.25) is 0 Å². The largest absolute Gasteiger partial charge is 0.350 e. The van der Waals surface area contributed by atoms with Crippen LogP contribution in [0.25, 0.3) is 0 Å². The zero-order valence-electron chi connectivity index (χ0n) is 23.7. The van der Waals surface area contributed by atoms with Crippen molar-refractivity contribution in [2.75, 3.05) is 17.4 Å². The van der Waals surface area contributed by atoms with Crippen molar-refractivity contribution < 1.29 is 18.0 Å². The van der Waals surface area contributed by atoms with E-state index in [4.69, 9.17) is 0 Å². The summed E-state index contributed by atoms with van der Waals surface area (Å²) in [4.78, 5) is 29.0. The molecule has 0 spiro atoms. The van der Waals surface area contributed by atoms with E-state index in [0.29, 0.717) is 18.5 Å². The van der Waals surface area contributed by atoms with Gasteiger partial charge in [0, 0.05) is 16.6 Å². The maximum absolute atomic E-state index is 14.0. The number of hydrogen-bond acceptors (Lipinski definition) is 4. The molecule has 0 aliphatic rings. The van der Waals surface area contributed by atoms with E-state index in [2.05, 4.69) is 21.2 Å². The van der Waals surface area contributed by atoms with Gasteiger partial charge in [-0.2, -0.15) is 0 Å². The molecule has 3 aromatic carbocycles. The fourth-order valence-electron chi connectivity index (χ4n) is 4.32. The number of nitrogens with one attached hydrogen (secondary N) is 1. The van der Waals surface area contributed by atoms with Crippen molar-refractivity contribution in [1.82, 2.24) is 10.2 Å². The van der Waals surface area contributed by atoms with Gasteiger partial charge in [-0.05, 0) is 82.5 Å².